The molecular formula is C35H43Cl2N3O5. The van der Waals surface area contributed by atoms with E-state index in [1.54, 1.807) is 18.2 Å². The molecule has 242 valence electrons. The van der Waals surface area contributed by atoms with E-state index in [9.17, 15) is 14.4 Å². The molecule has 1 amide bonds. The Morgan fingerprint density at radius 1 is 0.867 bits per heavy atom. The molecule has 1 saturated heterocycles. The number of rotatable bonds is 9. The minimum atomic E-state index is -1.03. The van der Waals surface area contributed by atoms with Crippen LogP contribution in [-0.4, -0.2) is 73.6 Å². The smallest absolute Gasteiger partial charge is 0.336 e. The fourth-order valence-electron chi connectivity index (χ4n) is 6.45. The molecule has 2 aliphatic heterocycles. The molecular weight excluding hydrogens is 613 g/mol. The third-order valence-electron chi connectivity index (χ3n) is 8.51. The van der Waals surface area contributed by atoms with Crippen molar-refractivity contribution in [2.75, 3.05) is 34.4 Å². The van der Waals surface area contributed by atoms with Crippen molar-refractivity contribution in [3.63, 3.8) is 0 Å². The number of allylic oxidation sites excluding steroid dienone is 1. The van der Waals surface area contributed by atoms with E-state index in [4.69, 9.17) is 32.7 Å². The number of dihydropyridines is 1. The molecule has 0 saturated carbocycles. The van der Waals surface area contributed by atoms with Crippen molar-refractivity contribution >= 4 is 41.0 Å². The number of nitrogens with one attached hydrogen (secondary N) is 1. The van der Waals surface area contributed by atoms with E-state index in [0.29, 0.717) is 29.8 Å². The van der Waals surface area contributed by atoms with Crippen molar-refractivity contribution in [1.29, 1.82) is 0 Å². The highest BCUT2D eigenvalue weighted by molar-refractivity contribution is 6.36. The summed E-state index contributed by atoms with van der Waals surface area (Å²) in [5.74, 6) is -2.50. The zero-order valence-electron chi connectivity index (χ0n) is 26.9. The number of amides is 1. The van der Waals surface area contributed by atoms with Gasteiger partial charge in [-0.3, -0.25) is 4.79 Å². The van der Waals surface area contributed by atoms with Gasteiger partial charge in [0.1, 0.15) is 0 Å². The lowest BCUT2D eigenvalue weighted by Gasteiger charge is -2.45. The lowest BCUT2D eigenvalue weighted by Crippen LogP contribution is -2.55. The van der Waals surface area contributed by atoms with Gasteiger partial charge in [-0.25, -0.2) is 9.59 Å². The van der Waals surface area contributed by atoms with Gasteiger partial charge in [0.15, 0.2) is 0 Å². The summed E-state index contributed by atoms with van der Waals surface area (Å²) in [6, 6.07) is 14.9. The maximum Gasteiger partial charge on any atom is 0.336 e. The number of halogens is 2. The Kier molecular flexibility index (Phi) is 11.4. The summed E-state index contributed by atoms with van der Waals surface area (Å²) in [5, 5.41) is 3.90. The number of piperidine rings is 1. The van der Waals surface area contributed by atoms with Crippen molar-refractivity contribution in [3.8, 4) is 0 Å². The average Bonchev–Trinajstić information content (AvgIpc) is 3.00. The molecule has 45 heavy (non-hydrogen) atoms. The number of likely N-dealkylation sites (tertiary alicyclic amines) is 1. The van der Waals surface area contributed by atoms with Gasteiger partial charge in [-0.05, 0) is 84.3 Å². The zero-order valence-corrected chi connectivity index (χ0v) is 28.4. The highest BCUT2D eigenvalue weighted by Crippen LogP contribution is 2.46. The number of hydrogen-bond acceptors (Lipinski definition) is 7. The summed E-state index contributed by atoms with van der Waals surface area (Å²) in [6.45, 7) is 7.86. The molecule has 1 unspecified atom stereocenters. The van der Waals surface area contributed by atoms with E-state index < -0.39 is 23.4 Å². The van der Waals surface area contributed by atoms with Crippen LogP contribution in [0.15, 0.2) is 71.1 Å². The number of carbonyl (C=O) groups excluding carboxylic acids is 3. The van der Waals surface area contributed by atoms with Crippen LogP contribution in [0, 0.1) is 0 Å². The van der Waals surface area contributed by atoms with Crippen molar-refractivity contribution in [1.82, 2.24) is 15.1 Å². The fraction of sp³-hybridized carbons (Fsp3) is 0.457. The van der Waals surface area contributed by atoms with Crippen LogP contribution in [0.1, 0.15) is 63.5 Å². The monoisotopic (exact) mass is 655 g/mol. The molecule has 0 radical (unpaired) electrons. The third kappa shape index (κ3) is 7.91. The number of esters is 2. The van der Waals surface area contributed by atoms with Gasteiger partial charge in [-0.15, -0.1) is 0 Å². The molecule has 8 nitrogen and oxygen atoms in total. The Morgan fingerprint density at radius 3 is 1.96 bits per heavy atom. The highest BCUT2D eigenvalue weighted by Gasteiger charge is 2.43. The maximum atomic E-state index is 14.4. The number of methoxy groups -OCH3 is 2. The topological polar surface area (TPSA) is 88.2 Å². The largest absolute Gasteiger partial charge is 0.466 e. The van der Waals surface area contributed by atoms with Gasteiger partial charge in [-0.1, -0.05) is 59.6 Å². The predicted octanol–water partition coefficient (Wildman–Crippen LogP) is 6.28. The summed E-state index contributed by atoms with van der Waals surface area (Å²) < 4.78 is 10.6. The Hall–Kier alpha value is -3.33. The van der Waals surface area contributed by atoms with Crippen molar-refractivity contribution < 1.29 is 23.9 Å². The van der Waals surface area contributed by atoms with Gasteiger partial charge >= 0.3 is 11.9 Å². The molecule has 2 aliphatic rings. The first-order valence-electron chi connectivity index (χ1n) is 15.3. The molecule has 0 spiro atoms. The van der Waals surface area contributed by atoms with Gasteiger partial charge in [-0.2, -0.15) is 0 Å². The van der Waals surface area contributed by atoms with E-state index in [2.05, 4.69) is 17.3 Å². The van der Waals surface area contributed by atoms with E-state index in [1.165, 1.54) is 14.2 Å². The Morgan fingerprint density at radius 2 is 1.42 bits per heavy atom. The highest BCUT2D eigenvalue weighted by atomic mass is 35.5. The van der Waals surface area contributed by atoms with E-state index >= 15 is 0 Å². The van der Waals surface area contributed by atoms with Gasteiger partial charge in [0.2, 0.25) is 5.91 Å². The van der Waals surface area contributed by atoms with Crippen LogP contribution in [0.5, 0.6) is 0 Å². The number of ether oxygens (including phenoxy) is 2. The number of nitrogens with zero attached hydrogens (tertiary/aromatic N) is 2. The van der Waals surface area contributed by atoms with Crippen LogP contribution in [0.4, 0.5) is 0 Å². The first kappa shape index (κ1) is 34.5. The molecule has 4 rings (SSSR count). The molecule has 2 aromatic carbocycles. The van der Waals surface area contributed by atoms with Crippen LogP contribution >= 0.6 is 23.2 Å². The van der Waals surface area contributed by atoms with E-state index in [0.717, 1.165) is 31.5 Å². The van der Waals surface area contributed by atoms with E-state index in [-0.39, 0.29) is 39.6 Å². The lowest BCUT2D eigenvalue weighted by atomic mass is 9.78. The lowest BCUT2D eigenvalue weighted by molar-refractivity contribution is -0.140. The number of hydrogen-bond donors (Lipinski definition) is 1. The first-order chi connectivity index (χ1) is 21.4. The second-order valence-corrected chi connectivity index (χ2v) is 13.4. The van der Waals surface area contributed by atoms with Gasteiger partial charge in [0.25, 0.3) is 0 Å². The van der Waals surface area contributed by atoms with Crippen LogP contribution < -0.4 is 5.32 Å². The van der Waals surface area contributed by atoms with Crippen LogP contribution in [-0.2, 0) is 30.3 Å². The number of aryl methyl sites for hydroxylation is 1. The molecule has 10 heteroatoms. The summed E-state index contributed by atoms with van der Waals surface area (Å²) >= 11 is 13.5. The standard InChI is InChI=1S/C35H43Cl2N3O5/c1-35(2,3)40(23-17-19-39(4)20-18-23)28(41)21-27-31(34(43)45-6)32(29-24(36)13-10-14-25(29)37)30(33(42)44-5)26(38-27)16-15-22-11-8-7-9-12-22/h7-14,23,32,38H,15-21H2,1-6H3. The quantitative estimate of drug-likeness (QED) is 0.318. The van der Waals surface area contributed by atoms with Crippen molar-refractivity contribution in [3.05, 3.63) is 92.2 Å². The number of benzene rings is 2. The first-order valence-corrected chi connectivity index (χ1v) is 16.0. The minimum absolute atomic E-state index is 0.0481. The Bertz CT molecular complexity index is 1450. The van der Waals surface area contributed by atoms with Crippen molar-refractivity contribution in [2.24, 2.45) is 0 Å². The van der Waals surface area contributed by atoms with Gasteiger partial charge in [0, 0.05) is 38.6 Å². The van der Waals surface area contributed by atoms with Gasteiger partial charge in [0.05, 0.1) is 37.7 Å². The third-order valence-corrected chi connectivity index (χ3v) is 9.17. The predicted molar refractivity (Wildman–Crippen MR) is 177 cm³/mol. The molecule has 1 fully saturated rings. The second kappa shape index (κ2) is 14.8. The molecule has 0 aliphatic carbocycles. The van der Waals surface area contributed by atoms with E-state index in [1.807, 2.05) is 56.0 Å². The van der Waals surface area contributed by atoms with Crippen molar-refractivity contribution in [2.45, 2.75) is 70.4 Å². The molecule has 0 bridgehead atoms. The van der Waals surface area contributed by atoms with Crippen LogP contribution in [0.25, 0.3) is 0 Å². The SMILES string of the molecule is COC(=O)C1=C(CCc2ccccc2)NC(CC(=O)N(C2CCN(C)CC2)C(C)(C)C)=C(C(=O)OC)C1c1c(Cl)cccc1Cl. The molecule has 0 aromatic heterocycles. The summed E-state index contributed by atoms with van der Waals surface area (Å²) in [7, 11) is 4.65. The zero-order chi connectivity index (χ0) is 32.9. The Balaban J connectivity index is 1.88. The molecule has 1 N–H and O–H groups in total. The molecule has 2 heterocycles. The fourth-order valence-corrected chi connectivity index (χ4v) is 7.07. The maximum absolute atomic E-state index is 14.4. The van der Waals surface area contributed by atoms with Gasteiger partial charge < -0.3 is 24.6 Å². The molecule has 2 aromatic rings. The van der Waals surface area contributed by atoms with Crippen LogP contribution in [0.2, 0.25) is 10.0 Å². The normalized spacial score (nSPS) is 18.0. The summed E-state index contributed by atoms with van der Waals surface area (Å²) in [5.41, 5.74) is 2.14. The summed E-state index contributed by atoms with van der Waals surface area (Å²) in [4.78, 5) is 45.9. The second-order valence-electron chi connectivity index (χ2n) is 12.6. The average molecular weight is 657 g/mol. The summed E-state index contributed by atoms with van der Waals surface area (Å²) in [6.07, 6.45) is 2.57. The molecule has 1 atom stereocenters. The van der Waals surface area contributed by atoms with Crippen LogP contribution in [0.3, 0.4) is 0 Å². The Labute approximate surface area is 276 Å². The minimum Gasteiger partial charge on any atom is -0.466 e. The number of carbonyl (C=O) groups is 3.